The van der Waals surface area contributed by atoms with Crippen LogP contribution in [0.25, 0.3) is 11.2 Å². The molecule has 2 aromatic heterocycles. The second-order valence-electron chi connectivity index (χ2n) is 4.93. The largest absolute Gasteiger partial charge is 0.394 e. The molecule has 22 heavy (non-hydrogen) atoms. The Morgan fingerprint density at radius 3 is 3.00 bits per heavy atom. The second-order valence-corrected chi connectivity index (χ2v) is 4.93. The van der Waals surface area contributed by atoms with Gasteiger partial charge in [0.1, 0.15) is 18.3 Å². The zero-order valence-corrected chi connectivity index (χ0v) is 12.1. The van der Waals surface area contributed by atoms with E-state index in [4.69, 9.17) is 9.47 Å². The fourth-order valence-electron chi connectivity index (χ4n) is 2.58. The number of ether oxygens (including phenoxy) is 2. The molecule has 10 nitrogen and oxygen atoms in total. The molecule has 0 bridgehead atoms. The lowest BCUT2D eigenvalue weighted by molar-refractivity contribution is -0.0583. The van der Waals surface area contributed by atoms with Gasteiger partial charge in [0, 0.05) is 14.2 Å². The number of aliphatic hydroxyl groups excluding tert-OH is 2. The Bertz CT molecular complexity index is 728. The molecule has 2 aromatic rings. The van der Waals surface area contributed by atoms with E-state index in [0.29, 0.717) is 5.65 Å². The Morgan fingerprint density at radius 1 is 1.59 bits per heavy atom. The first-order valence-corrected chi connectivity index (χ1v) is 6.72. The molecular formula is C12H17N5O5. The van der Waals surface area contributed by atoms with Crippen LogP contribution in [0.5, 0.6) is 0 Å². The van der Waals surface area contributed by atoms with E-state index in [0.717, 1.165) is 0 Å². The normalized spacial score (nSPS) is 28.4. The molecule has 1 fully saturated rings. The topological polar surface area (TPSA) is 135 Å². The van der Waals surface area contributed by atoms with Crippen LogP contribution in [-0.2, 0) is 9.47 Å². The van der Waals surface area contributed by atoms with Crippen molar-refractivity contribution in [2.75, 3.05) is 26.1 Å². The van der Waals surface area contributed by atoms with E-state index in [-0.39, 0.29) is 23.6 Å². The van der Waals surface area contributed by atoms with Crippen molar-refractivity contribution >= 4 is 17.1 Å². The van der Waals surface area contributed by atoms with Crippen LogP contribution in [0.1, 0.15) is 6.23 Å². The Balaban J connectivity index is 2.10. The summed E-state index contributed by atoms with van der Waals surface area (Å²) in [5.74, 6) is 0.283. The van der Waals surface area contributed by atoms with Crippen molar-refractivity contribution < 1.29 is 19.7 Å². The van der Waals surface area contributed by atoms with Gasteiger partial charge in [-0.15, -0.1) is 0 Å². The van der Waals surface area contributed by atoms with Gasteiger partial charge < -0.3 is 25.0 Å². The highest BCUT2D eigenvalue weighted by molar-refractivity contribution is 5.70. The third-order valence-electron chi connectivity index (χ3n) is 3.71. The molecule has 1 saturated heterocycles. The molecule has 0 amide bonds. The smallest absolute Gasteiger partial charge is 0.280 e. The predicted octanol–water partition coefficient (Wildman–Crippen LogP) is -1.57. The highest BCUT2D eigenvalue weighted by Crippen LogP contribution is 2.32. The third kappa shape index (κ3) is 2.16. The number of H-pyrrole nitrogens is 1. The summed E-state index contributed by atoms with van der Waals surface area (Å²) in [5.41, 5.74) is 0.0599. The maximum atomic E-state index is 11.9. The zero-order chi connectivity index (χ0) is 15.9. The number of rotatable bonds is 4. The maximum absolute atomic E-state index is 11.9. The molecule has 1 aliphatic rings. The van der Waals surface area contributed by atoms with Crippen molar-refractivity contribution in [1.82, 2.24) is 19.5 Å². The van der Waals surface area contributed by atoms with Gasteiger partial charge in [0.25, 0.3) is 5.56 Å². The minimum absolute atomic E-state index is 0.152. The van der Waals surface area contributed by atoms with Crippen LogP contribution < -0.4 is 10.9 Å². The number of nitrogens with one attached hydrogen (secondary N) is 2. The first-order valence-electron chi connectivity index (χ1n) is 6.72. The Kier molecular flexibility index (Phi) is 3.83. The number of aromatic amines is 1. The van der Waals surface area contributed by atoms with Crippen molar-refractivity contribution in [3.63, 3.8) is 0 Å². The summed E-state index contributed by atoms with van der Waals surface area (Å²) in [4.78, 5) is 22.8. The highest BCUT2D eigenvalue weighted by Gasteiger charge is 2.45. The van der Waals surface area contributed by atoms with E-state index in [1.54, 1.807) is 7.05 Å². The van der Waals surface area contributed by atoms with Gasteiger partial charge in [-0.2, -0.15) is 4.98 Å². The molecule has 3 rings (SSSR count). The standard InChI is InChI=1S/C12H17N5O5/c1-13-12-15-9-6(10(20)16-12)14-4-17(9)11-8(21-2)7(19)5(3-18)22-11/h4-5,7-8,11,18-19H,3H2,1-2H3,(H2,13,15,16,20)/t5-,7?,8?,11-/m1/s1. The molecule has 0 radical (unpaired) electrons. The highest BCUT2D eigenvalue weighted by atomic mass is 16.6. The molecule has 120 valence electrons. The molecule has 0 aliphatic carbocycles. The maximum Gasteiger partial charge on any atom is 0.280 e. The Hall–Kier alpha value is -2.01. The zero-order valence-electron chi connectivity index (χ0n) is 12.1. The third-order valence-corrected chi connectivity index (χ3v) is 3.71. The number of hydrogen-bond acceptors (Lipinski definition) is 8. The van der Waals surface area contributed by atoms with Crippen LogP contribution in [0.4, 0.5) is 5.95 Å². The van der Waals surface area contributed by atoms with Crippen molar-refractivity contribution in [2.45, 2.75) is 24.5 Å². The van der Waals surface area contributed by atoms with Crippen molar-refractivity contribution in [2.24, 2.45) is 0 Å². The summed E-state index contributed by atoms with van der Waals surface area (Å²) >= 11 is 0. The van der Waals surface area contributed by atoms with Gasteiger partial charge in [0.05, 0.1) is 12.9 Å². The lowest BCUT2D eigenvalue weighted by Gasteiger charge is -2.19. The number of imidazole rings is 1. The fourth-order valence-corrected chi connectivity index (χ4v) is 2.58. The molecule has 0 saturated carbocycles. The average Bonchev–Trinajstić information content (AvgIpc) is 3.07. The van der Waals surface area contributed by atoms with Crippen molar-refractivity contribution in [3.8, 4) is 0 Å². The van der Waals surface area contributed by atoms with Gasteiger partial charge in [0.15, 0.2) is 17.4 Å². The fraction of sp³-hybridized carbons (Fsp3) is 0.583. The first kappa shape index (κ1) is 14.9. The molecule has 0 aromatic carbocycles. The molecule has 0 spiro atoms. The summed E-state index contributed by atoms with van der Waals surface area (Å²) in [7, 11) is 3.06. The number of methoxy groups -OCH3 is 1. The summed E-state index contributed by atoms with van der Waals surface area (Å²) in [6, 6.07) is 0. The van der Waals surface area contributed by atoms with Crippen molar-refractivity contribution in [3.05, 3.63) is 16.7 Å². The quantitative estimate of drug-likeness (QED) is 0.532. The second kappa shape index (κ2) is 5.65. The number of aromatic nitrogens is 4. The van der Waals surface area contributed by atoms with Gasteiger partial charge in [-0.1, -0.05) is 0 Å². The minimum Gasteiger partial charge on any atom is -0.394 e. The van der Waals surface area contributed by atoms with E-state index in [1.165, 1.54) is 18.0 Å². The summed E-state index contributed by atoms with van der Waals surface area (Å²) in [6.45, 7) is -0.347. The molecule has 3 heterocycles. The van der Waals surface area contributed by atoms with Gasteiger partial charge in [-0.05, 0) is 0 Å². The Labute approximate surface area is 124 Å². The molecule has 4 atom stereocenters. The van der Waals surface area contributed by atoms with Crippen LogP contribution in [0.2, 0.25) is 0 Å². The molecule has 2 unspecified atom stereocenters. The lowest BCUT2D eigenvalue weighted by Crippen LogP contribution is -2.34. The lowest BCUT2D eigenvalue weighted by atomic mass is 10.1. The van der Waals surface area contributed by atoms with Gasteiger partial charge in [0.2, 0.25) is 5.95 Å². The summed E-state index contributed by atoms with van der Waals surface area (Å²) in [5, 5.41) is 22.1. The van der Waals surface area contributed by atoms with Crippen LogP contribution >= 0.6 is 0 Å². The minimum atomic E-state index is -0.997. The number of fused-ring (bicyclic) bond motifs is 1. The molecule has 10 heteroatoms. The first-order chi connectivity index (χ1) is 10.6. The van der Waals surface area contributed by atoms with E-state index >= 15 is 0 Å². The molecular weight excluding hydrogens is 294 g/mol. The number of nitrogens with zero attached hydrogens (tertiary/aromatic N) is 3. The van der Waals surface area contributed by atoms with Gasteiger partial charge in [-0.3, -0.25) is 14.3 Å². The number of anilines is 1. The van der Waals surface area contributed by atoms with Crippen LogP contribution in [0.15, 0.2) is 11.1 Å². The summed E-state index contributed by atoms with van der Waals surface area (Å²) in [6.07, 6.45) is -1.84. The van der Waals surface area contributed by atoms with Gasteiger partial charge >= 0.3 is 0 Å². The van der Waals surface area contributed by atoms with E-state index in [1.807, 2.05) is 0 Å². The molecule has 1 aliphatic heterocycles. The number of aliphatic hydroxyl groups is 2. The monoisotopic (exact) mass is 311 g/mol. The SMILES string of the molecule is CNc1nc2c(ncn2[C@@H]2O[C@H](CO)C(O)C2OC)c(=O)[nH]1. The van der Waals surface area contributed by atoms with Crippen molar-refractivity contribution in [1.29, 1.82) is 0 Å². The number of hydrogen-bond donors (Lipinski definition) is 4. The van der Waals surface area contributed by atoms with Crippen LogP contribution in [-0.4, -0.2) is 68.8 Å². The summed E-state index contributed by atoms with van der Waals surface area (Å²) < 4.78 is 12.4. The van der Waals surface area contributed by atoms with Crippen LogP contribution in [0, 0.1) is 0 Å². The Morgan fingerprint density at radius 2 is 2.36 bits per heavy atom. The van der Waals surface area contributed by atoms with Gasteiger partial charge in [-0.25, -0.2) is 4.98 Å². The average molecular weight is 311 g/mol. The molecule has 4 N–H and O–H groups in total. The van der Waals surface area contributed by atoms with E-state index in [2.05, 4.69) is 20.3 Å². The predicted molar refractivity (Wildman–Crippen MR) is 75.5 cm³/mol. The van der Waals surface area contributed by atoms with E-state index in [9.17, 15) is 15.0 Å². The van der Waals surface area contributed by atoms with E-state index < -0.39 is 24.5 Å². The van der Waals surface area contributed by atoms with Crippen LogP contribution in [0.3, 0.4) is 0 Å².